The van der Waals surface area contributed by atoms with Crippen molar-refractivity contribution in [3.8, 4) is 0 Å². The highest BCUT2D eigenvalue weighted by molar-refractivity contribution is 7.94. The molecule has 2 N–H and O–H groups in total. The third kappa shape index (κ3) is 3.09. The Kier molecular flexibility index (Phi) is 3.98. The molecule has 0 aliphatic carbocycles. The van der Waals surface area contributed by atoms with Crippen LogP contribution in [0.5, 0.6) is 0 Å². The molecule has 0 spiro atoms. The molecule has 2 aromatic heterocycles. The molecular weight excluding hydrogens is 324 g/mol. The van der Waals surface area contributed by atoms with Crippen molar-refractivity contribution in [2.75, 3.05) is 4.72 Å². The van der Waals surface area contributed by atoms with Gasteiger partial charge in [0.25, 0.3) is 10.0 Å². The number of carboxylic acids is 1. The monoisotopic (exact) mass is 332 g/mol. The molecular formula is C11H9ClN2O4S2. The number of sulfonamides is 1. The summed E-state index contributed by atoms with van der Waals surface area (Å²) >= 11 is 6.43. The highest BCUT2D eigenvalue weighted by Gasteiger charge is 2.22. The number of nitrogens with zero attached hydrogens (tertiary/aromatic N) is 1. The molecule has 6 nitrogen and oxygen atoms in total. The Bertz CT molecular complexity index is 770. The Hall–Kier alpha value is -1.64. The van der Waals surface area contributed by atoms with Crippen LogP contribution in [-0.4, -0.2) is 24.5 Å². The number of pyridine rings is 1. The van der Waals surface area contributed by atoms with Gasteiger partial charge in [-0.2, -0.15) is 0 Å². The van der Waals surface area contributed by atoms with Crippen molar-refractivity contribution in [2.24, 2.45) is 0 Å². The average molecular weight is 333 g/mol. The first-order chi connectivity index (χ1) is 9.29. The van der Waals surface area contributed by atoms with E-state index in [1.165, 1.54) is 31.3 Å². The van der Waals surface area contributed by atoms with Gasteiger partial charge in [0.1, 0.15) is 14.9 Å². The molecule has 0 aromatic carbocycles. The van der Waals surface area contributed by atoms with Gasteiger partial charge in [0.2, 0.25) is 0 Å². The maximum Gasteiger partial charge on any atom is 0.346 e. The molecule has 0 amide bonds. The number of rotatable bonds is 4. The summed E-state index contributed by atoms with van der Waals surface area (Å²) in [7, 11) is -3.88. The molecule has 0 unspecified atom stereocenters. The molecule has 2 rings (SSSR count). The van der Waals surface area contributed by atoms with E-state index in [9.17, 15) is 13.2 Å². The third-order valence-electron chi connectivity index (χ3n) is 2.32. The van der Waals surface area contributed by atoms with Crippen LogP contribution in [0.2, 0.25) is 5.02 Å². The molecule has 9 heteroatoms. The first kappa shape index (κ1) is 14.8. The van der Waals surface area contributed by atoms with E-state index in [1.807, 2.05) is 0 Å². The number of nitrogens with one attached hydrogen (secondary N) is 1. The highest BCUT2D eigenvalue weighted by atomic mass is 35.5. The minimum Gasteiger partial charge on any atom is -0.477 e. The van der Waals surface area contributed by atoms with Crippen molar-refractivity contribution in [1.82, 2.24) is 4.98 Å². The maximum absolute atomic E-state index is 12.1. The molecule has 0 aliphatic heterocycles. The standard InChI is InChI=1S/C11H9ClN2O4S2/c1-6-4-9(19-10(6)11(15)16)20(17,18)14-8-5-7(12)2-3-13-8/h2-5H,1H3,(H,13,14)(H,15,16). The predicted octanol–water partition coefficient (Wildman–Crippen LogP) is 2.60. The smallest absolute Gasteiger partial charge is 0.346 e. The molecule has 0 radical (unpaired) electrons. The van der Waals surface area contributed by atoms with Crippen LogP contribution in [-0.2, 0) is 10.0 Å². The van der Waals surface area contributed by atoms with Crippen LogP contribution in [0.25, 0.3) is 0 Å². The van der Waals surface area contributed by atoms with Gasteiger partial charge in [0, 0.05) is 17.3 Å². The quantitative estimate of drug-likeness (QED) is 0.897. The SMILES string of the molecule is Cc1cc(S(=O)(=O)Nc2cc(Cl)ccn2)sc1C(=O)O. The van der Waals surface area contributed by atoms with E-state index >= 15 is 0 Å². The lowest BCUT2D eigenvalue weighted by molar-refractivity contribution is 0.0701. The summed E-state index contributed by atoms with van der Waals surface area (Å²) in [6.07, 6.45) is 1.36. The number of aromatic carboxylic acids is 1. The van der Waals surface area contributed by atoms with Gasteiger partial charge in [0.05, 0.1) is 0 Å². The van der Waals surface area contributed by atoms with E-state index in [-0.39, 0.29) is 14.9 Å². The molecule has 0 atom stereocenters. The summed E-state index contributed by atoms with van der Waals surface area (Å²) in [5.74, 6) is -1.09. The zero-order chi connectivity index (χ0) is 14.9. The van der Waals surface area contributed by atoms with Crippen LogP contribution < -0.4 is 4.72 Å². The number of hydrogen-bond acceptors (Lipinski definition) is 5. The number of halogens is 1. The van der Waals surface area contributed by atoms with Gasteiger partial charge < -0.3 is 5.11 Å². The Morgan fingerprint density at radius 1 is 1.45 bits per heavy atom. The van der Waals surface area contributed by atoms with Crippen LogP contribution in [0.4, 0.5) is 5.82 Å². The second-order valence-corrected chi connectivity index (χ2v) is 7.25. The summed E-state index contributed by atoms with van der Waals surface area (Å²) in [6.45, 7) is 1.54. The average Bonchev–Trinajstić information content (AvgIpc) is 2.71. The van der Waals surface area contributed by atoms with Gasteiger partial charge in [-0.3, -0.25) is 4.72 Å². The second kappa shape index (κ2) is 5.39. The number of aromatic nitrogens is 1. The van der Waals surface area contributed by atoms with E-state index in [1.54, 1.807) is 0 Å². The lowest BCUT2D eigenvalue weighted by atomic mass is 10.3. The fraction of sp³-hybridized carbons (Fsp3) is 0.0909. The van der Waals surface area contributed by atoms with Gasteiger partial charge in [-0.15, -0.1) is 11.3 Å². The molecule has 2 heterocycles. The normalized spacial score (nSPS) is 11.3. The first-order valence-corrected chi connectivity index (χ1v) is 7.95. The topological polar surface area (TPSA) is 96.4 Å². The fourth-order valence-electron chi connectivity index (χ4n) is 1.45. The Balaban J connectivity index is 2.36. The van der Waals surface area contributed by atoms with Crippen LogP contribution in [0.3, 0.4) is 0 Å². The summed E-state index contributed by atoms with van der Waals surface area (Å²) in [5.41, 5.74) is 0.391. The fourth-order valence-corrected chi connectivity index (χ4v) is 3.98. The maximum atomic E-state index is 12.1. The molecule has 0 fully saturated rings. The highest BCUT2D eigenvalue weighted by Crippen LogP contribution is 2.27. The largest absolute Gasteiger partial charge is 0.477 e. The molecule has 0 saturated carbocycles. The van der Waals surface area contributed by atoms with Crippen molar-refractivity contribution >= 4 is 44.7 Å². The number of carboxylic acid groups (broad SMARTS) is 1. The lowest BCUT2D eigenvalue weighted by Crippen LogP contribution is -2.12. The number of thiophene rings is 1. The van der Waals surface area contributed by atoms with Crippen molar-refractivity contribution in [3.05, 3.63) is 39.9 Å². The van der Waals surface area contributed by atoms with Crippen molar-refractivity contribution in [1.29, 1.82) is 0 Å². The number of hydrogen-bond donors (Lipinski definition) is 2. The van der Waals surface area contributed by atoms with Gasteiger partial charge in [-0.25, -0.2) is 18.2 Å². The molecule has 20 heavy (non-hydrogen) atoms. The number of aryl methyl sites for hydroxylation is 1. The summed E-state index contributed by atoms with van der Waals surface area (Å²) < 4.78 is 26.4. The minimum atomic E-state index is -3.88. The number of carbonyl (C=O) groups is 1. The van der Waals surface area contributed by atoms with Crippen LogP contribution >= 0.6 is 22.9 Å². The minimum absolute atomic E-state index is 0.00979. The molecule has 0 saturated heterocycles. The predicted molar refractivity (Wildman–Crippen MR) is 76.1 cm³/mol. The van der Waals surface area contributed by atoms with Crippen LogP contribution in [0.15, 0.2) is 28.6 Å². The zero-order valence-corrected chi connectivity index (χ0v) is 12.5. The van der Waals surface area contributed by atoms with E-state index in [0.29, 0.717) is 21.9 Å². The van der Waals surface area contributed by atoms with E-state index < -0.39 is 16.0 Å². The Morgan fingerprint density at radius 3 is 2.70 bits per heavy atom. The van der Waals surface area contributed by atoms with Gasteiger partial charge >= 0.3 is 5.97 Å². The van der Waals surface area contributed by atoms with Gasteiger partial charge in [-0.1, -0.05) is 11.6 Å². The second-order valence-electron chi connectivity index (χ2n) is 3.85. The molecule has 106 valence electrons. The van der Waals surface area contributed by atoms with E-state index in [0.717, 1.165) is 0 Å². The summed E-state index contributed by atoms with van der Waals surface area (Å²) in [6, 6.07) is 4.18. The van der Waals surface area contributed by atoms with Crippen molar-refractivity contribution in [2.45, 2.75) is 11.1 Å². The van der Waals surface area contributed by atoms with Crippen molar-refractivity contribution in [3.63, 3.8) is 0 Å². The van der Waals surface area contributed by atoms with Gasteiger partial charge in [0.15, 0.2) is 0 Å². The van der Waals surface area contributed by atoms with Gasteiger partial charge in [-0.05, 0) is 24.6 Å². The Morgan fingerprint density at radius 2 is 2.15 bits per heavy atom. The summed E-state index contributed by atoms with van der Waals surface area (Å²) in [5, 5.41) is 9.28. The molecule has 0 bridgehead atoms. The zero-order valence-electron chi connectivity index (χ0n) is 10.1. The van der Waals surface area contributed by atoms with E-state index in [4.69, 9.17) is 16.7 Å². The molecule has 2 aromatic rings. The third-order valence-corrected chi connectivity index (χ3v) is 5.60. The lowest BCUT2D eigenvalue weighted by Gasteiger charge is -2.04. The van der Waals surface area contributed by atoms with Crippen LogP contribution in [0.1, 0.15) is 15.2 Å². The molecule has 0 aliphatic rings. The Labute approximate surface area is 124 Å². The first-order valence-electron chi connectivity index (χ1n) is 5.28. The summed E-state index contributed by atoms with van der Waals surface area (Å²) in [4.78, 5) is 14.7. The van der Waals surface area contributed by atoms with Crippen molar-refractivity contribution < 1.29 is 18.3 Å². The van der Waals surface area contributed by atoms with Crippen LogP contribution in [0, 0.1) is 6.92 Å². The van der Waals surface area contributed by atoms with E-state index in [2.05, 4.69) is 9.71 Å². The number of anilines is 1.